The predicted octanol–water partition coefficient (Wildman–Crippen LogP) is 1.76. The van der Waals surface area contributed by atoms with Gasteiger partial charge in [0.1, 0.15) is 5.60 Å². The van der Waals surface area contributed by atoms with Crippen molar-refractivity contribution in [1.82, 2.24) is 14.8 Å². The van der Waals surface area contributed by atoms with Gasteiger partial charge in [-0.3, -0.25) is 14.7 Å². The molecule has 0 aliphatic carbocycles. The lowest BCUT2D eigenvalue weighted by atomic mass is 10.1. The van der Waals surface area contributed by atoms with Crippen LogP contribution in [-0.2, 0) is 9.53 Å². The molecule has 1 amide bonds. The second-order valence-corrected chi connectivity index (χ2v) is 6.50. The second kappa shape index (κ2) is 6.95. The summed E-state index contributed by atoms with van der Waals surface area (Å²) >= 11 is 0. The van der Waals surface area contributed by atoms with Crippen LogP contribution in [-0.4, -0.2) is 63.7 Å². The van der Waals surface area contributed by atoms with Crippen LogP contribution in [0.5, 0.6) is 0 Å². The standard InChI is InChI=1S/C16H23N3O4/c1-16(2,3)23-15(22)19-10-8-18(9-11-19)13(14(20)21)12-6-4-5-7-17-12/h4-7,13H,8-11H2,1-3H3,(H,20,21). The highest BCUT2D eigenvalue weighted by molar-refractivity contribution is 5.75. The molecule has 1 fully saturated rings. The number of amides is 1. The highest BCUT2D eigenvalue weighted by Gasteiger charge is 2.33. The lowest BCUT2D eigenvalue weighted by Gasteiger charge is -2.37. The van der Waals surface area contributed by atoms with Gasteiger partial charge in [-0.05, 0) is 32.9 Å². The maximum Gasteiger partial charge on any atom is 0.410 e. The van der Waals surface area contributed by atoms with Crippen molar-refractivity contribution in [2.24, 2.45) is 0 Å². The molecule has 1 saturated heterocycles. The van der Waals surface area contributed by atoms with Crippen LogP contribution < -0.4 is 0 Å². The summed E-state index contributed by atoms with van der Waals surface area (Å²) in [6, 6.07) is 4.44. The van der Waals surface area contributed by atoms with Crippen molar-refractivity contribution in [2.75, 3.05) is 26.2 Å². The normalized spacial score (nSPS) is 17.6. The number of hydrogen-bond donors (Lipinski definition) is 1. The van der Waals surface area contributed by atoms with Crippen molar-refractivity contribution >= 4 is 12.1 Å². The largest absolute Gasteiger partial charge is 0.480 e. The van der Waals surface area contributed by atoms with Gasteiger partial charge in [0.25, 0.3) is 0 Å². The van der Waals surface area contributed by atoms with E-state index in [1.54, 1.807) is 29.3 Å². The highest BCUT2D eigenvalue weighted by atomic mass is 16.6. The number of carboxylic acid groups (broad SMARTS) is 1. The molecule has 0 radical (unpaired) electrons. The van der Waals surface area contributed by atoms with Crippen molar-refractivity contribution in [2.45, 2.75) is 32.4 Å². The number of nitrogens with zero attached hydrogens (tertiary/aromatic N) is 3. The Morgan fingerprint density at radius 3 is 2.35 bits per heavy atom. The summed E-state index contributed by atoms with van der Waals surface area (Å²) in [6.45, 7) is 7.27. The van der Waals surface area contributed by atoms with E-state index in [0.29, 0.717) is 31.9 Å². The Bertz CT molecular complexity index is 548. The third-order valence-electron chi connectivity index (χ3n) is 3.53. The van der Waals surface area contributed by atoms with Gasteiger partial charge in [0.05, 0.1) is 5.69 Å². The summed E-state index contributed by atoms with van der Waals surface area (Å²) in [7, 11) is 0. The summed E-state index contributed by atoms with van der Waals surface area (Å²) in [5.74, 6) is -0.936. The van der Waals surface area contributed by atoms with E-state index < -0.39 is 17.6 Å². The van der Waals surface area contributed by atoms with Crippen molar-refractivity contribution < 1.29 is 19.4 Å². The van der Waals surface area contributed by atoms with E-state index in [9.17, 15) is 14.7 Å². The van der Waals surface area contributed by atoms with Gasteiger partial charge in [-0.1, -0.05) is 6.07 Å². The molecule has 7 nitrogen and oxygen atoms in total. The topological polar surface area (TPSA) is 83.0 Å². The Kier molecular flexibility index (Phi) is 5.20. The van der Waals surface area contributed by atoms with Gasteiger partial charge in [-0.15, -0.1) is 0 Å². The second-order valence-electron chi connectivity index (χ2n) is 6.50. The number of rotatable bonds is 3. The molecule has 1 aliphatic rings. The van der Waals surface area contributed by atoms with Crippen LogP contribution in [0, 0.1) is 0 Å². The van der Waals surface area contributed by atoms with Crippen LogP contribution in [0.2, 0.25) is 0 Å². The summed E-state index contributed by atoms with van der Waals surface area (Å²) < 4.78 is 5.34. The first kappa shape index (κ1) is 17.2. The minimum Gasteiger partial charge on any atom is -0.480 e. The molecule has 1 unspecified atom stereocenters. The van der Waals surface area contributed by atoms with Gasteiger partial charge in [-0.25, -0.2) is 4.79 Å². The van der Waals surface area contributed by atoms with Crippen molar-refractivity contribution in [3.05, 3.63) is 30.1 Å². The minimum absolute atomic E-state index is 0.359. The molecule has 1 aromatic rings. The fraction of sp³-hybridized carbons (Fsp3) is 0.562. The van der Waals surface area contributed by atoms with Crippen molar-refractivity contribution in [1.29, 1.82) is 0 Å². The van der Waals surface area contributed by atoms with Gasteiger partial charge in [0, 0.05) is 32.4 Å². The Hall–Kier alpha value is -2.15. The number of carbonyl (C=O) groups is 2. The Labute approximate surface area is 135 Å². The van der Waals surface area contributed by atoms with Gasteiger partial charge in [-0.2, -0.15) is 0 Å². The fourth-order valence-electron chi connectivity index (χ4n) is 2.50. The zero-order valence-corrected chi connectivity index (χ0v) is 13.7. The first-order valence-electron chi connectivity index (χ1n) is 7.63. The number of aliphatic carboxylic acids is 1. The highest BCUT2D eigenvalue weighted by Crippen LogP contribution is 2.21. The smallest absolute Gasteiger partial charge is 0.410 e. The third kappa shape index (κ3) is 4.66. The van der Waals surface area contributed by atoms with Crippen LogP contribution in [0.15, 0.2) is 24.4 Å². The van der Waals surface area contributed by atoms with Crippen LogP contribution in [0.25, 0.3) is 0 Å². The summed E-state index contributed by atoms with van der Waals surface area (Å²) in [6.07, 6.45) is 1.23. The lowest BCUT2D eigenvalue weighted by molar-refractivity contribution is -0.144. The number of carbonyl (C=O) groups excluding carboxylic acids is 1. The molecule has 2 heterocycles. The molecule has 7 heteroatoms. The number of hydrogen-bond acceptors (Lipinski definition) is 5. The molecular weight excluding hydrogens is 298 g/mol. The summed E-state index contributed by atoms with van der Waals surface area (Å²) in [5, 5.41) is 9.52. The summed E-state index contributed by atoms with van der Waals surface area (Å²) in [5.41, 5.74) is -0.0306. The Morgan fingerprint density at radius 2 is 1.87 bits per heavy atom. The zero-order valence-electron chi connectivity index (χ0n) is 13.7. The number of aromatic nitrogens is 1. The molecule has 0 bridgehead atoms. The average molecular weight is 321 g/mol. The first-order valence-corrected chi connectivity index (χ1v) is 7.63. The van der Waals surface area contributed by atoms with Crippen molar-refractivity contribution in [3.63, 3.8) is 0 Å². The maximum absolute atomic E-state index is 12.1. The monoisotopic (exact) mass is 321 g/mol. The molecule has 1 aromatic heterocycles. The van der Waals surface area contributed by atoms with Crippen LogP contribution in [0.3, 0.4) is 0 Å². The first-order chi connectivity index (χ1) is 10.8. The molecule has 1 atom stereocenters. The average Bonchev–Trinajstić information content (AvgIpc) is 2.47. The molecule has 1 aliphatic heterocycles. The SMILES string of the molecule is CC(C)(C)OC(=O)N1CCN(C(C(=O)O)c2ccccn2)CC1. The van der Waals surface area contributed by atoms with E-state index in [-0.39, 0.29) is 6.09 Å². The molecule has 23 heavy (non-hydrogen) atoms. The number of pyridine rings is 1. The third-order valence-corrected chi connectivity index (χ3v) is 3.53. The van der Waals surface area contributed by atoms with Crippen LogP contribution in [0.4, 0.5) is 4.79 Å². The van der Waals surface area contributed by atoms with Crippen LogP contribution >= 0.6 is 0 Å². The van der Waals surface area contributed by atoms with E-state index in [1.165, 1.54) is 0 Å². The van der Waals surface area contributed by atoms with E-state index in [1.807, 2.05) is 25.7 Å². The quantitative estimate of drug-likeness (QED) is 0.913. The lowest BCUT2D eigenvalue weighted by Crippen LogP contribution is -2.52. The van der Waals surface area contributed by atoms with Crippen LogP contribution in [0.1, 0.15) is 32.5 Å². The number of ether oxygens (including phenoxy) is 1. The molecule has 0 spiro atoms. The predicted molar refractivity (Wildman–Crippen MR) is 84.0 cm³/mol. The van der Waals surface area contributed by atoms with Gasteiger partial charge >= 0.3 is 12.1 Å². The minimum atomic E-state index is -0.936. The molecular formula is C16H23N3O4. The van der Waals surface area contributed by atoms with Gasteiger partial charge in [0.15, 0.2) is 6.04 Å². The van der Waals surface area contributed by atoms with E-state index in [0.717, 1.165) is 0 Å². The van der Waals surface area contributed by atoms with E-state index in [4.69, 9.17) is 4.74 Å². The van der Waals surface area contributed by atoms with Crippen molar-refractivity contribution in [3.8, 4) is 0 Å². The number of piperazine rings is 1. The Balaban J connectivity index is 2.00. The maximum atomic E-state index is 12.1. The molecule has 1 N–H and O–H groups in total. The van der Waals surface area contributed by atoms with Gasteiger partial charge in [0.2, 0.25) is 0 Å². The molecule has 2 rings (SSSR count). The zero-order chi connectivity index (χ0) is 17.0. The van der Waals surface area contributed by atoms with Gasteiger partial charge < -0.3 is 14.7 Å². The fourth-order valence-corrected chi connectivity index (χ4v) is 2.50. The number of carboxylic acids is 1. The summed E-state index contributed by atoms with van der Waals surface area (Å²) in [4.78, 5) is 31.3. The molecule has 0 aromatic carbocycles. The Morgan fingerprint density at radius 1 is 1.22 bits per heavy atom. The molecule has 126 valence electrons. The van der Waals surface area contributed by atoms with E-state index >= 15 is 0 Å². The van der Waals surface area contributed by atoms with E-state index in [2.05, 4.69) is 4.98 Å². The molecule has 0 saturated carbocycles.